The van der Waals surface area contributed by atoms with Crippen LogP contribution in [-0.4, -0.2) is 33.7 Å². The molecule has 0 saturated carbocycles. The number of hydrogen-bond acceptors (Lipinski definition) is 4. The van der Waals surface area contributed by atoms with Crippen LogP contribution in [-0.2, 0) is 16.4 Å². The van der Waals surface area contributed by atoms with Crippen LogP contribution in [0.3, 0.4) is 0 Å². The Kier molecular flexibility index (Phi) is 4.91. The molecular weight excluding hydrogens is 350 g/mol. The van der Waals surface area contributed by atoms with Crippen molar-refractivity contribution in [3.8, 4) is 0 Å². The van der Waals surface area contributed by atoms with Crippen LogP contribution in [0.1, 0.15) is 28.4 Å². The second-order valence-electron chi connectivity index (χ2n) is 6.45. The van der Waals surface area contributed by atoms with E-state index in [9.17, 15) is 13.2 Å². The zero-order valence-corrected chi connectivity index (χ0v) is 16.0. The predicted octanol–water partition coefficient (Wildman–Crippen LogP) is 2.49. The molecule has 2 aromatic rings. The average molecular weight is 373 g/mol. The highest BCUT2D eigenvalue weighted by molar-refractivity contribution is 7.92. The van der Waals surface area contributed by atoms with Gasteiger partial charge in [-0.3, -0.25) is 19.5 Å². The Bertz CT molecular complexity index is 924. The SMILES string of the molecule is CCN(NC(=O)c1ccc2c(c1)CCN2S(C)(=O)=O)c1ccc(C)cc1. The van der Waals surface area contributed by atoms with Gasteiger partial charge < -0.3 is 0 Å². The zero-order valence-electron chi connectivity index (χ0n) is 15.2. The van der Waals surface area contributed by atoms with Crippen LogP contribution in [0, 0.1) is 6.92 Å². The summed E-state index contributed by atoms with van der Waals surface area (Å²) in [6.07, 6.45) is 1.81. The van der Waals surface area contributed by atoms with Crippen LogP contribution in [0.25, 0.3) is 0 Å². The number of benzene rings is 2. The van der Waals surface area contributed by atoms with Crippen molar-refractivity contribution in [2.24, 2.45) is 0 Å². The quantitative estimate of drug-likeness (QED) is 0.818. The Labute approximate surface area is 154 Å². The van der Waals surface area contributed by atoms with Gasteiger partial charge in [0, 0.05) is 18.7 Å². The molecule has 1 amide bonds. The number of fused-ring (bicyclic) bond motifs is 1. The van der Waals surface area contributed by atoms with Crippen molar-refractivity contribution >= 4 is 27.3 Å². The Hall–Kier alpha value is -2.54. The van der Waals surface area contributed by atoms with Gasteiger partial charge in [-0.25, -0.2) is 8.42 Å². The first-order chi connectivity index (χ1) is 12.3. The van der Waals surface area contributed by atoms with Crippen molar-refractivity contribution in [1.29, 1.82) is 0 Å². The van der Waals surface area contributed by atoms with Gasteiger partial charge in [-0.05, 0) is 56.2 Å². The molecule has 0 fully saturated rings. The Balaban J connectivity index is 1.79. The van der Waals surface area contributed by atoms with E-state index in [1.54, 1.807) is 23.2 Å². The third-order valence-corrected chi connectivity index (χ3v) is 5.67. The number of amides is 1. The fourth-order valence-corrected chi connectivity index (χ4v) is 4.05. The number of carbonyl (C=O) groups is 1. The lowest BCUT2D eigenvalue weighted by atomic mass is 10.1. The third-order valence-electron chi connectivity index (χ3n) is 4.49. The second-order valence-corrected chi connectivity index (χ2v) is 8.36. The van der Waals surface area contributed by atoms with Gasteiger partial charge in [-0.2, -0.15) is 0 Å². The Morgan fingerprint density at radius 3 is 2.50 bits per heavy atom. The van der Waals surface area contributed by atoms with E-state index in [2.05, 4.69) is 5.43 Å². The molecule has 0 spiro atoms. The zero-order chi connectivity index (χ0) is 18.9. The normalized spacial score (nSPS) is 13.4. The molecular formula is C19H23N3O3S. The molecule has 1 heterocycles. The number of rotatable bonds is 5. The minimum Gasteiger partial charge on any atom is -0.286 e. The lowest BCUT2D eigenvalue weighted by Crippen LogP contribution is -2.42. The number of nitrogens with one attached hydrogen (secondary N) is 1. The number of nitrogens with zero attached hydrogens (tertiary/aromatic N) is 2. The summed E-state index contributed by atoms with van der Waals surface area (Å²) >= 11 is 0. The fourth-order valence-electron chi connectivity index (χ4n) is 3.10. The minimum absolute atomic E-state index is 0.215. The van der Waals surface area contributed by atoms with Gasteiger partial charge in [0.25, 0.3) is 5.91 Å². The number of hydrogen-bond donors (Lipinski definition) is 1. The van der Waals surface area contributed by atoms with E-state index < -0.39 is 10.0 Å². The molecule has 1 aliphatic rings. The highest BCUT2D eigenvalue weighted by Crippen LogP contribution is 2.30. The summed E-state index contributed by atoms with van der Waals surface area (Å²) in [4.78, 5) is 12.6. The smallest absolute Gasteiger partial charge is 0.269 e. The van der Waals surface area contributed by atoms with Gasteiger partial charge in [-0.1, -0.05) is 17.7 Å². The van der Waals surface area contributed by atoms with Crippen molar-refractivity contribution in [1.82, 2.24) is 5.43 Å². The van der Waals surface area contributed by atoms with Gasteiger partial charge in [0.15, 0.2) is 0 Å². The molecule has 0 atom stereocenters. The van der Waals surface area contributed by atoms with E-state index in [0.717, 1.165) is 16.8 Å². The van der Waals surface area contributed by atoms with Gasteiger partial charge in [0.05, 0.1) is 17.6 Å². The first kappa shape index (κ1) is 18.3. The summed E-state index contributed by atoms with van der Waals surface area (Å²) in [5, 5.41) is 1.79. The Morgan fingerprint density at radius 1 is 1.19 bits per heavy atom. The van der Waals surface area contributed by atoms with Crippen LogP contribution in [0.15, 0.2) is 42.5 Å². The molecule has 0 unspecified atom stereocenters. The summed E-state index contributed by atoms with van der Waals surface area (Å²) in [6, 6.07) is 13.1. The van der Waals surface area contributed by atoms with Gasteiger partial charge in [0.2, 0.25) is 10.0 Å². The topological polar surface area (TPSA) is 69.7 Å². The van der Waals surface area contributed by atoms with Crippen molar-refractivity contribution < 1.29 is 13.2 Å². The van der Waals surface area contributed by atoms with Crippen LogP contribution in [0.4, 0.5) is 11.4 Å². The van der Waals surface area contributed by atoms with E-state index in [1.165, 1.54) is 10.6 Å². The highest BCUT2D eigenvalue weighted by Gasteiger charge is 2.26. The molecule has 0 aromatic heterocycles. The third kappa shape index (κ3) is 3.67. The molecule has 0 bridgehead atoms. The van der Waals surface area contributed by atoms with Crippen molar-refractivity contribution in [3.05, 3.63) is 59.2 Å². The lowest BCUT2D eigenvalue weighted by molar-refractivity contribution is 0.0949. The average Bonchev–Trinajstić information content (AvgIpc) is 3.03. The highest BCUT2D eigenvalue weighted by atomic mass is 32.2. The number of hydrazine groups is 1. The number of anilines is 2. The maximum absolute atomic E-state index is 12.6. The first-order valence-electron chi connectivity index (χ1n) is 8.55. The molecule has 7 heteroatoms. The predicted molar refractivity (Wildman–Crippen MR) is 104 cm³/mol. The number of aryl methyl sites for hydroxylation is 1. The largest absolute Gasteiger partial charge is 0.286 e. The minimum atomic E-state index is -3.29. The van der Waals surface area contributed by atoms with Crippen LogP contribution >= 0.6 is 0 Å². The lowest BCUT2D eigenvalue weighted by Gasteiger charge is -2.24. The van der Waals surface area contributed by atoms with E-state index in [1.807, 2.05) is 38.1 Å². The summed E-state index contributed by atoms with van der Waals surface area (Å²) in [5.74, 6) is -0.215. The monoisotopic (exact) mass is 373 g/mol. The molecule has 1 N–H and O–H groups in total. The van der Waals surface area contributed by atoms with E-state index in [0.29, 0.717) is 30.8 Å². The molecule has 6 nitrogen and oxygen atoms in total. The molecule has 3 rings (SSSR count). The van der Waals surface area contributed by atoms with E-state index >= 15 is 0 Å². The van der Waals surface area contributed by atoms with E-state index in [-0.39, 0.29) is 5.91 Å². The molecule has 0 saturated heterocycles. The molecule has 2 aromatic carbocycles. The first-order valence-corrected chi connectivity index (χ1v) is 10.4. The van der Waals surface area contributed by atoms with Crippen molar-refractivity contribution in [3.63, 3.8) is 0 Å². The Morgan fingerprint density at radius 2 is 1.88 bits per heavy atom. The number of carbonyl (C=O) groups excluding carboxylic acids is 1. The second kappa shape index (κ2) is 6.99. The molecule has 26 heavy (non-hydrogen) atoms. The molecule has 138 valence electrons. The van der Waals surface area contributed by atoms with Gasteiger partial charge in [-0.15, -0.1) is 0 Å². The fraction of sp³-hybridized carbons (Fsp3) is 0.316. The molecule has 0 aliphatic carbocycles. The number of sulfonamides is 1. The summed E-state index contributed by atoms with van der Waals surface area (Å²) < 4.78 is 25.0. The van der Waals surface area contributed by atoms with Crippen LogP contribution in [0.2, 0.25) is 0 Å². The van der Waals surface area contributed by atoms with Gasteiger partial charge in [0.1, 0.15) is 0 Å². The van der Waals surface area contributed by atoms with Crippen LogP contribution in [0.5, 0.6) is 0 Å². The van der Waals surface area contributed by atoms with E-state index in [4.69, 9.17) is 0 Å². The van der Waals surface area contributed by atoms with Gasteiger partial charge >= 0.3 is 0 Å². The summed E-state index contributed by atoms with van der Waals surface area (Å²) in [6.45, 7) is 5.03. The van der Waals surface area contributed by atoms with Crippen molar-refractivity contribution in [2.45, 2.75) is 20.3 Å². The molecule has 0 radical (unpaired) electrons. The maximum Gasteiger partial charge on any atom is 0.269 e. The summed E-state index contributed by atoms with van der Waals surface area (Å²) in [5.41, 5.74) is 7.04. The van der Waals surface area contributed by atoms with Crippen LogP contribution < -0.4 is 14.7 Å². The summed E-state index contributed by atoms with van der Waals surface area (Å²) in [7, 11) is -3.29. The van der Waals surface area contributed by atoms with Crippen molar-refractivity contribution in [2.75, 3.05) is 28.7 Å². The molecule has 1 aliphatic heterocycles. The maximum atomic E-state index is 12.6. The standard InChI is InChI=1S/C19H23N3O3S/c1-4-21(17-8-5-14(2)6-9-17)20-19(23)16-7-10-18-15(13-16)11-12-22(18)26(3,24)25/h5-10,13H,4,11-12H2,1-3H3,(H,20,23).